The van der Waals surface area contributed by atoms with Crippen molar-refractivity contribution in [3.05, 3.63) is 94.5 Å². The minimum absolute atomic E-state index is 0.105. The molecule has 0 aliphatic heterocycles. The van der Waals surface area contributed by atoms with Gasteiger partial charge in [0.1, 0.15) is 5.75 Å². The van der Waals surface area contributed by atoms with Crippen molar-refractivity contribution in [1.29, 1.82) is 0 Å². The summed E-state index contributed by atoms with van der Waals surface area (Å²) in [5, 5.41) is 6.36. The number of anilines is 1. The Bertz CT molecular complexity index is 1020. The smallest absolute Gasteiger partial charge is 0.262 e. The molecule has 3 rings (SSSR count). The minimum atomic E-state index is -0.294. The Morgan fingerprint density at radius 1 is 1.00 bits per heavy atom. The van der Waals surface area contributed by atoms with Gasteiger partial charge in [-0.25, -0.2) is 0 Å². The Hall–Kier alpha value is -3.31. The Kier molecular flexibility index (Phi) is 7.09. The summed E-state index contributed by atoms with van der Waals surface area (Å²) >= 11 is 5.98. The van der Waals surface area contributed by atoms with Crippen molar-refractivity contribution in [2.24, 2.45) is 0 Å². The maximum atomic E-state index is 12.4. The van der Waals surface area contributed by atoms with Gasteiger partial charge in [0.15, 0.2) is 6.61 Å². The van der Waals surface area contributed by atoms with E-state index >= 15 is 0 Å². The third-order valence-corrected chi connectivity index (χ3v) is 5.00. The van der Waals surface area contributed by atoms with Crippen molar-refractivity contribution in [3.63, 3.8) is 0 Å². The Labute approximate surface area is 181 Å². The van der Waals surface area contributed by atoms with Crippen LogP contribution in [0.15, 0.2) is 72.8 Å². The molecule has 0 saturated carbocycles. The summed E-state index contributed by atoms with van der Waals surface area (Å²) in [6.07, 6.45) is 0. The summed E-state index contributed by atoms with van der Waals surface area (Å²) < 4.78 is 5.49. The number of carbonyl (C=O) groups excluding carboxylic acids is 2. The third kappa shape index (κ3) is 5.84. The fraction of sp³-hybridized carbons (Fsp3) is 0.167. The van der Waals surface area contributed by atoms with Gasteiger partial charge in [0.2, 0.25) is 0 Å². The standard InChI is InChI=1S/C24H23ClN2O3/c1-16-14-21(12-13-22(16)25)30-15-23(28)27-20-10-8-19(9-11-20)24(29)26-17(2)18-6-4-3-5-7-18/h3-14,17H,15H2,1-2H3,(H,26,29)(H,27,28). The van der Waals surface area contributed by atoms with E-state index in [0.717, 1.165) is 11.1 Å². The molecule has 5 nitrogen and oxygen atoms in total. The predicted octanol–water partition coefficient (Wildman–Crippen LogP) is 5.16. The summed E-state index contributed by atoms with van der Waals surface area (Å²) in [4.78, 5) is 24.6. The first-order chi connectivity index (χ1) is 14.4. The molecule has 1 atom stereocenters. The van der Waals surface area contributed by atoms with Crippen LogP contribution >= 0.6 is 11.6 Å². The predicted molar refractivity (Wildman–Crippen MR) is 119 cm³/mol. The summed E-state index contributed by atoms with van der Waals surface area (Å²) in [6.45, 7) is 3.68. The fourth-order valence-electron chi connectivity index (χ4n) is 2.86. The molecule has 30 heavy (non-hydrogen) atoms. The number of carbonyl (C=O) groups is 2. The summed E-state index contributed by atoms with van der Waals surface area (Å²) in [5.74, 6) is 0.106. The van der Waals surface area contributed by atoms with Gasteiger partial charge in [0.25, 0.3) is 11.8 Å². The largest absolute Gasteiger partial charge is 0.484 e. The maximum absolute atomic E-state index is 12.4. The van der Waals surface area contributed by atoms with Crippen molar-refractivity contribution in [2.75, 3.05) is 11.9 Å². The molecule has 0 aliphatic carbocycles. The second kappa shape index (κ2) is 9.94. The van der Waals surface area contributed by atoms with Crippen LogP contribution in [0.4, 0.5) is 5.69 Å². The lowest BCUT2D eigenvalue weighted by Crippen LogP contribution is -2.26. The summed E-state index contributed by atoms with van der Waals surface area (Å²) in [7, 11) is 0. The highest BCUT2D eigenvalue weighted by atomic mass is 35.5. The number of benzene rings is 3. The number of hydrogen-bond acceptors (Lipinski definition) is 3. The molecule has 0 radical (unpaired) electrons. The monoisotopic (exact) mass is 422 g/mol. The average molecular weight is 423 g/mol. The van der Waals surface area contributed by atoms with Crippen LogP contribution in [0.3, 0.4) is 0 Å². The number of amides is 2. The molecule has 3 aromatic rings. The summed E-state index contributed by atoms with van der Waals surface area (Å²) in [5.41, 5.74) is 3.02. The number of nitrogens with one attached hydrogen (secondary N) is 2. The molecule has 0 aliphatic rings. The van der Waals surface area contributed by atoms with Crippen LogP contribution in [0.25, 0.3) is 0 Å². The quantitative estimate of drug-likeness (QED) is 0.552. The normalized spacial score (nSPS) is 11.4. The molecule has 0 saturated heterocycles. The van der Waals surface area contributed by atoms with Crippen LogP contribution in [0.5, 0.6) is 5.75 Å². The molecule has 2 N–H and O–H groups in total. The molecular formula is C24H23ClN2O3. The van der Waals surface area contributed by atoms with Gasteiger partial charge in [0, 0.05) is 16.3 Å². The first kappa shape index (κ1) is 21.4. The molecular weight excluding hydrogens is 400 g/mol. The molecule has 0 spiro atoms. The third-order valence-electron chi connectivity index (χ3n) is 4.58. The van der Waals surface area contributed by atoms with Crippen molar-refractivity contribution < 1.29 is 14.3 Å². The lowest BCUT2D eigenvalue weighted by atomic mass is 10.1. The van der Waals surface area contributed by atoms with Gasteiger partial charge in [-0.05, 0) is 67.4 Å². The minimum Gasteiger partial charge on any atom is -0.484 e. The van der Waals surface area contributed by atoms with Crippen LogP contribution in [0, 0.1) is 6.92 Å². The van der Waals surface area contributed by atoms with Crippen LogP contribution in [-0.2, 0) is 4.79 Å². The van der Waals surface area contributed by atoms with Crippen LogP contribution in [0.2, 0.25) is 5.02 Å². The van der Waals surface area contributed by atoms with Crippen molar-refractivity contribution in [3.8, 4) is 5.75 Å². The molecule has 0 heterocycles. The van der Waals surface area contributed by atoms with Gasteiger partial charge < -0.3 is 15.4 Å². The first-order valence-corrected chi connectivity index (χ1v) is 9.95. The molecule has 6 heteroatoms. The zero-order chi connectivity index (χ0) is 21.5. The lowest BCUT2D eigenvalue weighted by Gasteiger charge is -2.14. The zero-order valence-electron chi connectivity index (χ0n) is 16.8. The number of aryl methyl sites for hydroxylation is 1. The average Bonchev–Trinajstić information content (AvgIpc) is 2.75. The van der Waals surface area contributed by atoms with Gasteiger partial charge in [-0.1, -0.05) is 41.9 Å². The van der Waals surface area contributed by atoms with Crippen LogP contribution < -0.4 is 15.4 Å². The van der Waals surface area contributed by atoms with E-state index in [1.807, 2.05) is 44.2 Å². The van der Waals surface area contributed by atoms with Gasteiger partial charge in [-0.3, -0.25) is 9.59 Å². The second-order valence-corrected chi connectivity index (χ2v) is 7.34. The number of halogens is 1. The van der Waals surface area contributed by atoms with Crippen LogP contribution in [0.1, 0.15) is 34.5 Å². The van der Waals surface area contributed by atoms with E-state index in [9.17, 15) is 9.59 Å². The molecule has 154 valence electrons. The van der Waals surface area contributed by atoms with Crippen molar-refractivity contribution in [2.45, 2.75) is 19.9 Å². The van der Waals surface area contributed by atoms with Gasteiger partial charge >= 0.3 is 0 Å². The van der Waals surface area contributed by atoms with Gasteiger partial charge in [-0.15, -0.1) is 0 Å². The van der Waals surface area contributed by atoms with E-state index in [1.165, 1.54) is 0 Å². The Morgan fingerprint density at radius 3 is 2.37 bits per heavy atom. The highest BCUT2D eigenvalue weighted by molar-refractivity contribution is 6.31. The maximum Gasteiger partial charge on any atom is 0.262 e. The second-order valence-electron chi connectivity index (χ2n) is 6.93. The molecule has 2 amide bonds. The zero-order valence-corrected chi connectivity index (χ0v) is 17.6. The molecule has 1 unspecified atom stereocenters. The Morgan fingerprint density at radius 2 is 1.70 bits per heavy atom. The molecule has 3 aromatic carbocycles. The lowest BCUT2D eigenvalue weighted by molar-refractivity contribution is -0.118. The van der Waals surface area contributed by atoms with E-state index in [2.05, 4.69) is 10.6 Å². The van der Waals surface area contributed by atoms with Crippen LogP contribution in [-0.4, -0.2) is 18.4 Å². The molecule has 0 bridgehead atoms. The van der Waals surface area contributed by atoms with Gasteiger partial charge in [0.05, 0.1) is 6.04 Å². The highest BCUT2D eigenvalue weighted by Crippen LogP contribution is 2.21. The molecule has 0 fully saturated rings. The first-order valence-electron chi connectivity index (χ1n) is 9.57. The van der Waals surface area contributed by atoms with E-state index in [4.69, 9.17) is 16.3 Å². The van der Waals surface area contributed by atoms with E-state index < -0.39 is 0 Å². The van der Waals surface area contributed by atoms with Crippen molar-refractivity contribution >= 4 is 29.1 Å². The highest BCUT2D eigenvalue weighted by Gasteiger charge is 2.12. The van der Waals surface area contributed by atoms with Crippen molar-refractivity contribution in [1.82, 2.24) is 5.32 Å². The number of hydrogen-bond donors (Lipinski definition) is 2. The van der Waals surface area contributed by atoms with E-state index in [0.29, 0.717) is 22.0 Å². The summed E-state index contributed by atoms with van der Waals surface area (Å²) in [6, 6.07) is 21.6. The number of rotatable bonds is 7. The SMILES string of the molecule is Cc1cc(OCC(=O)Nc2ccc(C(=O)NC(C)c3ccccc3)cc2)ccc1Cl. The fourth-order valence-corrected chi connectivity index (χ4v) is 2.98. The van der Waals surface area contributed by atoms with Gasteiger partial charge in [-0.2, -0.15) is 0 Å². The number of ether oxygens (including phenoxy) is 1. The topological polar surface area (TPSA) is 67.4 Å². The molecule has 0 aromatic heterocycles. The van der Waals surface area contributed by atoms with E-state index in [1.54, 1.807) is 42.5 Å². The van der Waals surface area contributed by atoms with E-state index in [-0.39, 0.29) is 24.5 Å². The Balaban J connectivity index is 1.51.